The van der Waals surface area contributed by atoms with Gasteiger partial charge >= 0.3 is 6.18 Å². The molecule has 2 aliphatic rings. The van der Waals surface area contributed by atoms with Crippen molar-refractivity contribution in [2.45, 2.75) is 50.5 Å². The molecular weight excluding hydrogens is 335 g/mol. The maximum atomic E-state index is 12.1. The maximum Gasteiger partial charge on any atom is 0.389 e. The van der Waals surface area contributed by atoms with E-state index in [9.17, 15) is 21.6 Å². The zero-order chi connectivity index (χ0) is 17.1. The maximum absolute atomic E-state index is 12.1. The molecule has 0 aromatic carbocycles. The van der Waals surface area contributed by atoms with E-state index in [1.54, 1.807) is 6.07 Å². The Morgan fingerprint density at radius 2 is 1.78 bits per heavy atom. The summed E-state index contributed by atoms with van der Waals surface area (Å²) in [4.78, 5) is -0.382. The molecule has 1 aliphatic carbocycles. The average Bonchev–Trinajstić information content (AvgIpc) is 2.88. The molecule has 2 rings (SSSR count). The highest BCUT2D eigenvalue weighted by Gasteiger charge is 2.40. The molecule has 0 atom stereocenters. The van der Waals surface area contributed by atoms with Gasteiger partial charge < -0.3 is 9.47 Å². The summed E-state index contributed by atoms with van der Waals surface area (Å²) >= 11 is 0. The van der Waals surface area contributed by atoms with Crippen molar-refractivity contribution in [3.63, 3.8) is 0 Å². The van der Waals surface area contributed by atoms with Crippen molar-refractivity contribution < 1.29 is 31.1 Å². The monoisotopic (exact) mass is 353 g/mol. The molecule has 1 saturated heterocycles. The smallest absolute Gasteiger partial charge is 0.348 e. The number of rotatable bonds is 4. The Balaban J connectivity index is 2.05. The Kier molecular flexibility index (Phi) is 5.38. The lowest BCUT2D eigenvalue weighted by atomic mass is 9.89. The van der Waals surface area contributed by atoms with Crippen LogP contribution < -0.4 is 0 Å². The molecule has 0 aromatic rings. The predicted octanol–water partition coefficient (Wildman–Crippen LogP) is 2.84. The number of ether oxygens (including phenoxy) is 2. The molecule has 0 unspecified atom stereocenters. The molecule has 5 nitrogen and oxygen atoms in total. The second-order valence-corrected chi connectivity index (χ2v) is 7.74. The Morgan fingerprint density at radius 3 is 2.26 bits per heavy atom. The van der Waals surface area contributed by atoms with E-state index in [4.69, 9.17) is 14.7 Å². The first-order valence-corrected chi connectivity index (χ1v) is 9.02. The van der Waals surface area contributed by atoms with Gasteiger partial charge in [0.2, 0.25) is 0 Å². The van der Waals surface area contributed by atoms with Gasteiger partial charge in [0.15, 0.2) is 15.6 Å². The molecule has 1 heterocycles. The lowest BCUT2D eigenvalue weighted by molar-refractivity contribution is -0.171. The van der Waals surface area contributed by atoms with Crippen LogP contribution in [-0.2, 0) is 19.3 Å². The second kappa shape index (κ2) is 6.79. The van der Waals surface area contributed by atoms with E-state index >= 15 is 0 Å². The van der Waals surface area contributed by atoms with Crippen molar-refractivity contribution in [2.24, 2.45) is 0 Å². The fourth-order valence-corrected chi connectivity index (χ4v) is 4.39. The molecule has 1 saturated carbocycles. The largest absolute Gasteiger partial charge is 0.389 e. The van der Waals surface area contributed by atoms with Gasteiger partial charge in [-0.15, -0.1) is 0 Å². The Morgan fingerprint density at radius 1 is 1.22 bits per heavy atom. The summed E-state index contributed by atoms with van der Waals surface area (Å²) in [6, 6.07) is 1.67. The first kappa shape index (κ1) is 18.2. The van der Waals surface area contributed by atoms with Crippen LogP contribution in [0.25, 0.3) is 0 Å². The van der Waals surface area contributed by atoms with Crippen LogP contribution >= 0.6 is 0 Å². The number of hydrogen-bond acceptors (Lipinski definition) is 5. The Bertz CT molecular complexity index is 601. The number of nitrogens with zero attached hydrogens (tertiary/aromatic N) is 1. The van der Waals surface area contributed by atoms with Gasteiger partial charge in [-0.25, -0.2) is 8.42 Å². The van der Waals surface area contributed by atoms with Gasteiger partial charge in [-0.2, -0.15) is 18.4 Å². The van der Waals surface area contributed by atoms with E-state index in [0.717, 1.165) is 0 Å². The van der Waals surface area contributed by atoms with Gasteiger partial charge in [0.1, 0.15) is 11.0 Å². The molecule has 0 aromatic heterocycles. The summed E-state index contributed by atoms with van der Waals surface area (Å²) in [6.07, 6.45) is -4.55. The van der Waals surface area contributed by atoms with E-state index in [2.05, 4.69) is 0 Å². The molecule has 1 spiro atoms. The topological polar surface area (TPSA) is 76.4 Å². The predicted molar refractivity (Wildman–Crippen MR) is 74.8 cm³/mol. The molecule has 1 aliphatic heterocycles. The molecule has 130 valence electrons. The van der Waals surface area contributed by atoms with E-state index in [0.29, 0.717) is 44.5 Å². The standard InChI is InChI=1S/C14H18F3NO4S/c15-14(16,17)4-1-9-23(19,20)12(10-18)11-2-5-13(6-3-11)21-7-8-22-13/h1-9H2. The summed E-state index contributed by atoms with van der Waals surface area (Å²) in [5, 5.41) is 9.16. The van der Waals surface area contributed by atoms with Crippen LogP contribution in [-0.4, -0.2) is 39.3 Å². The second-order valence-electron chi connectivity index (χ2n) is 5.69. The summed E-state index contributed by atoms with van der Waals surface area (Å²) < 4.78 is 71.8. The van der Waals surface area contributed by atoms with Crippen LogP contribution in [0.3, 0.4) is 0 Å². The molecule has 2 fully saturated rings. The Hall–Kier alpha value is -1.11. The summed E-state index contributed by atoms with van der Waals surface area (Å²) in [6.45, 7) is 0.972. The number of halogens is 3. The van der Waals surface area contributed by atoms with Crippen LogP contribution in [0.2, 0.25) is 0 Å². The number of hydrogen-bond donors (Lipinski definition) is 0. The van der Waals surface area contributed by atoms with Crippen molar-refractivity contribution in [2.75, 3.05) is 19.0 Å². The number of nitriles is 1. The van der Waals surface area contributed by atoms with Crippen LogP contribution in [0.1, 0.15) is 38.5 Å². The minimum absolute atomic E-state index is 0.335. The third kappa shape index (κ3) is 4.68. The number of alkyl halides is 3. The lowest BCUT2D eigenvalue weighted by Crippen LogP contribution is -2.33. The highest BCUT2D eigenvalue weighted by Crippen LogP contribution is 2.39. The van der Waals surface area contributed by atoms with Gasteiger partial charge in [-0.1, -0.05) is 0 Å². The molecule has 23 heavy (non-hydrogen) atoms. The highest BCUT2D eigenvalue weighted by atomic mass is 32.2. The van der Waals surface area contributed by atoms with Crippen LogP contribution in [0.5, 0.6) is 0 Å². The average molecular weight is 353 g/mol. The highest BCUT2D eigenvalue weighted by molar-refractivity contribution is 7.95. The SMILES string of the molecule is N#CC(=C1CCC2(CC1)OCCO2)S(=O)(=O)CCCC(F)(F)F. The van der Waals surface area contributed by atoms with Gasteiger partial charge in [-0.3, -0.25) is 0 Å². The van der Waals surface area contributed by atoms with Crippen LogP contribution in [0.15, 0.2) is 10.5 Å². The van der Waals surface area contributed by atoms with Gasteiger partial charge in [0.25, 0.3) is 0 Å². The lowest BCUT2D eigenvalue weighted by Gasteiger charge is -2.32. The van der Waals surface area contributed by atoms with E-state index in [-0.39, 0.29) is 4.91 Å². The minimum Gasteiger partial charge on any atom is -0.348 e. The van der Waals surface area contributed by atoms with Crippen molar-refractivity contribution in [1.82, 2.24) is 0 Å². The normalized spacial score (nSPS) is 21.4. The quantitative estimate of drug-likeness (QED) is 0.727. The zero-order valence-electron chi connectivity index (χ0n) is 12.5. The van der Waals surface area contributed by atoms with E-state index in [1.807, 2.05) is 0 Å². The third-order valence-electron chi connectivity index (χ3n) is 4.04. The summed E-state index contributed by atoms with van der Waals surface area (Å²) in [5.41, 5.74) is 0.462. The van der Waals surface area contributed by atoms with Gasteiger partial charge in [0, 0.05) is 19.3 Å². The zero-order valence-corrected chi connectivity index (χ0v) is 13.3. The molecule has 0 bridgehead atoms. The Labute approximate surface area is 133 Å². The fourth-order valence-electron chi connectivity index (χ4n) is 2.88. The van der Waals surface area contributed by atoms with Gasteiger partial charge in [0.05, 0.1) is 19.0 Å². The first-order valence-electron chi connectivity index (χ1n) is 7.37. The molecule has 9 heteroatoms. The summed E-state index contributed by atoms with van der Waals surface area (Å²) in [5.74, 6) is -1.36. The van der Waals surface area contributed by atoms with Crippen LogP contribution in [0, 0.1) is 11.3 Å². The van der Waals surface area contributed by atoms with E-state index in [1.165, 1.54) is 0 Å². The minimum atomic E-state index is -4.40. The fraction of sp³-hybridized carbons (Fsp3) is 0.786. The van der Waals surface area contributed by atoms with Gasteiger partial charge in [-0.05, 0) is 24.8 Å². The number of sulfone groups is 1. The van der Waals surface area contributed by atoms with Crippen molar-refractivity contribution in [1.29, 1.82) is 5.26 Å². The number of allylic oxidation sites excluding steroid dienone is 2. The van der Waals surface area contributed by atoms with Crippen molar-refractivity contribution >= 4 is 9.84 Å². The molecule has 0 amide bonds. The summed E-state index contributed by atoms with van der Waals surface area (Å²) in [7, 11) is -3.99. The first-order chi connectivity index (χ1) is 10.7. The van der Waals surface area contributed by atoms with E-state index < -0.39 is 40.4 Å². The van der Waals surface area contributed by atoms with Crippen molar-refractivity contribution in [3.05, 3.63) is 10.5 Å². The molecule has 0 N–H and O–H groups in total. The van der Waals surface area contributed by atoms with Crippen molar-refractivity contribution in [3.8, 4) is 6.07 Å². The third-order valence-corrected chi connectivity index (χ3v) is 5.86. The molecule has 0 radical (unpaired) electrons. The van der Waals surface area contributed by atoms with Crippen LogP contribution in [0.4, 0.5) is 13.2 Å². The molecular formula is C14H18F3NO4S.